The maximum Gasteiger partial charge on any atom is 0.221 e. The van der Waals surface area contributed by atoms with Crippen LogP contribution in [0.3, 0.4) is 0 Å². The first-order valence-electron chi connectivity index (χ1n) is 5.11. The van der Waals surface area contributed by atoms with Crippen molar-refractivity contribution in [1.29, 1.82) is 0 Å². The Bertz CT molecular complexity index is 297. The van der Waals surface area contributed by atoms with Crippen LogP contribution in [0.1, 0.15) is 32.8 Å². The third kappa shape index (κ3) is 6.69. The van der Waals surface area contributed by atoms with Crippen LogP contribution in [0.25, 0.3) is 0 Å². The topological polar surface area (TPSA) is 49.3 Å². The summed E-state index contributed by atoms with van der Waals surface area (Å²) in [7, 11) is 0. The summed E-state index contributed by atoms with van der Waals surface area (Å²) in [5.74, 6) is -0.106. The first-order valence-corrected chi connectivity index (χ1v) is 5.11. The fourth-order valence-electron chi connectivity index (χ4n) is 0.951. The van der Waals surface area contributed by atoms with Crippen LogP contribution in [0.15, 0.2) is 24.3 Å². The zero-order valence-corrected chi connectivity index (χ0v) is 9.58. The number of anilines is 1. The Morgan fingerprint density at radius 2 is 2.00 bits per heavy atom. The minimum atomic E-state index is -0.106. The van der Waals surface area contributed by atoms with E-state index >= 15 is 0 Å². The number of rotatable bonds is 2. The van der Waals surface area contributed by atoms with Crippen molar-refractivity contribution >= 4 is 11.6 Å². The molecule has 0 spiro atoms. The van der Waals surface area contributed by atoms with Gasteiger partial charge in [0, 0.05) is 12.6 Å². The number of amides is 1. The zero-order valence-electron chi connectivity index (χ0n) is 9.58. The van der Waals surface area contributed by atoms with Crippen LogP contribution in [-0.4, -0.2) is 11.0 Å². The molecule has 0 aliphatic carbocycles. The highest BCUT2D eigenvalue weighted by atomic mass is 16.3. The number of aliphatic hydroxyl groups is 1. The van der Waals surface area contributed by atoms with E-state index in [1.807, 2.05) is 0 Å². The van der Waals surface area contributed by atoms with Crippen LogP contribution < -0.4 is 5.32 Å². The zero-order chi connectivity index (χ0) is 11.7. The lowest BCUT2D eigenvalue weighted by atomic mass is 10.2. The number of hydrogen-bond acceptors (Lipinski definition) is 2. The summed E-state index contributed by atoms with van der Waals surface area (Å²) in [6, 6.07) is 7.10. The van der Waals surface area contributed by atoms with Crippen molar-refractivity contribution in [1.82, 2.24) is 0 Å². The molecule has 0 fully saturated rings. The monoisotopic (exact) mass is 209 g/mol. The SMILES string of the molecule is CC(=O)Nc1cccc(CO)c1.CCC. The third-order valence-corrected chi connectivity index (χ3v) is 1.43. The smallest absolute Gasteiger partial charge is 0.221 e. The molecule has 0 aromatic heterocycles. The van der Waals surface area contributed by atoms with Crippen molar-refractivity contribution in [2.45, 2.75) is 33.8 Å². The highest BCUT2D eigenvalue weighted by Gasteiger charge is 1.95. The average Bonchev–Trinajstić information content (AvgIpc) is 2.18. The van der Waals surface area contributed by atoms with Gasteiger partial charge in [-0.25, -0.2) is 0 Å². The largest absolute Gasteiger partial charge is 0.392 e. The Hall–Kier alpha value is -1.35. The number of benzene rings is 1. The molecule has 0 aliphatic rings. The van der Waals surface area contributed by atoms with Crippen LogP contribution in [0.5, 0.6) is 0 Å². The van der Waals surface area contributed by atoms with E-state index in [4.69, 9.17) is 5.11 Å². The third-order valence-electron chi connectivity index (χ3n) is 1.43. The first-order chi connectivity index (χ1) is 7.13. The second-order valence-electron chi connectivity index (χ2n) is 3.25. The lowest BCUT2D eigenvalue weighted by Crippen LogP contribution is -2.05. The average molecular weight is 209 g/mol. The van der Waals surface area contributed by atoms with Gasteiger partial charge in [0.15, 0.2) is 0 Å². The van der Waals surface area contributed by atoms with E-state index in [1.165, 1.54) is 13.3 Å². The molecule has 1 aromatic rings. The standard InChI is InChI=1S/C9H11NO2.C3H8/c1-7(12)10-9-4-2-3-8(5-9)6-11;1-3-2/h2-5,11H,6H2,1H3,(H,10,12);3H2,1-2H3. The van der Waals surface area contributed by atoms with Crippen molar-refractivity contribution < 1.29 is 9.90 Å². The molecule has 3 nitrogen and oxygen atoms in total. The lowest BCUT2D eigenvalue weighted by Gasteiger charge is -2.02. The summed E-state index contributed by atoms with van der Waals surface area (Å²) in [5, 5.41) is 11.4. The van der Waals surface area contributed by atoms with Crippen LogP contribution in [0.4, 0.5) is 5.69 Å². The van der Waals surface area contributed by atoms with Crippen molar-refractivity contribution in [3.05, 3.63) is 29.8 Å². The Balaban J connectivity index is 0.000000583. The summed E-state index contributed by atoms with van der Waals surface area (Å²) in [4.78, 5) is 10.6. The van der Waals surface area contributed by atoms with Crippen molar-refractivity contribution in [2.75, 3.05) is 5.32 Å². The normalized spacial score (nSPS) is 8.80. The number of nitrogens with one attached hydrogen (secondary N) is 1. The van der Waals surface area contributed by atoms with Gasteiger partial charge in [0.05, 0.1) is 6.61 Å². The van der Waals surface area contributed by atoms with Crippen LogP contribution in [0, 0.1) is 0 Å². The van der Waals surface area contributed by atoms with Gasteiger partial charge in [0.1, 0.15) is 0 Å². The molecule has 15 heavy (non-hydrogen) atoms. The molecule has 1 rings (SSSR count). The molecule has 0 aliphatic heterocycles. The number of hydrogen-bond donors (Lipinski definition) is 2. The summed E-state index contributed by atoms with van der Waals surface area (Å²) in [6.07, 6.45) is 1.25. The van der Waals surface area contributed by atoms with E-state index in [0.29, 0.717) is 5.69 Å². The van der Waals surface area contributed by atoms with Crippen LogP contribution in [0.2, 0.25) is 0 Å². The molecule has 0 atom stereocenters. The quantitative estimate of drug-likeness (QED) is 0.786. The molecular formula is C12H19NO2. The minimum Gasteiger partial charge on any atom is -0.392 e. The van der Waals surface area contributed by atoms with Gasteiger partial charge in [-0.05, 0) is 17.7 Å². The molecule has 0 saturated carbocycles. The van der Waals surface area contributed by atoms with Crippen molar-refractivity contribution in [3.63, 3.8) is 0 Å². The van der Waals surface area contributed by atoms with Crippen molar-refractivity contribution in [2.24, 2.45) is 0 Å². The van der Waals surface area contributed by atoms with Crippen LogP contribution in [-0.2, 0) is 11.4 Å². The first kappa shape index (κ1) is 13.7. The summed E-state index contributed by atoms with van der Waals surface area (Å²) >= 11 is 0. The van der Waals surface area contributed by atoms with E-state index < -0.39 is 0 Å². The van der Waals surface area contributed by atoms with Gasteiger partial charge in [-0.1, -0.05) is 32.4 Å². The van der Waals surface area contributed by atoms with Gasteiger partial charge in [0.25, 0.3) is 0 Å². The molecule has 0 heterocycles. The molecule has 0 radical (unpaired) electrons. The molecule has 0 unspecified atom stereocenters. The fourth-order valence-corrected chi connectivity index (χ4v) is 0.951. The maximum absolute atomic E-state index is 10.6. The van der Waals surface area contributed by atoms with E-state index in [-0.39, 0.29) is 12.5 Å². The fraction of sp³-hybridized carbons (Fsp3) is 0.417. The van der Waals surface area contributed by atoms with Gasteiger partial charge in [0.2, 0.25) is 5.91 Å². The minimum absolute atomic E-state index is 0.00652. The van der Waals surface area contributed by atoms with Crippen molar-refractivity contribution in [3.8, 4) is 0 Å². The van der Waals surface area contributed by atoms with Crippen LogP contribution >= 0.6 is 0 Å². The molecule has 84 valence electrons. The molecule has 0 saturated heterocycles. The highest BCUT2D eigenvalue weighted by Crippen LogP contribution is 2.09. The second kappa shape index (κ2) is 8.00. The summed E-state index contributed by atoms with van der Waals surface area (Å²) in [6.45, 7) is 5.69. The predicted molar refractivity (Wildman–Crippen MR) is 62.6 cm³/mol. The predicted octanol–water partition coefficient (Wildman–Crippen LogP) is 2.55. The Morgan fingerprint density at radius 3 is 2.47 bits per heavy atom. The van der Waals surface area contributed by atoms with Gasteiger partial charge in [-0.2, -0.15) is 0 Å². The van der Waals surface area contributed by atoms with Gasteiger partial charge >= 0.3 is 0 Å². The van der Waals surface area contributed by atoms with E-state index in [2.05, 4.69) is 19.2 Å². The molecule has 0 bridgehead atoms. The molecule has 1 amide bonds. The summed E-state index contributed by atoms with van der Waals surface area (Å²) < 4.78 is 0. The molecular weight excluding hydrogens is 190 g/mol. The van der Waals surface area contributed by atoms with E-state index in [9.17, 15) is 4.79 Å². The Kier molecular flexibility index (Phi) is 7.28. The van der Waals surface area contributed by atoms with E-state index in [1.54, 1.807) is 24.3 Å². The molecule has 3 heteroatoms. The highest BCUT2D eigenvalue weighted by molar-refractivity contribution is 5.88. The number of aliphatic hydroxyl groups excluding tert-OH is 1. The van der Waals surface area contributed by atoms with Gasteiger partial charge in [-0.15, -0.1) is 0 Å². The second-order valence-corrected chi connectivity index (χ2v) is 3.25. The summed E-state index contributed by atoms with van der Waals surface area (Å²) in [5.41, 5.74) is 1.51. The van der Waals surface area contributed by atoms with Gasteiger partial charge < -0.3 is 10.4 Å². The van der Waals surface area contributed by atoms with E-state index in [0.717, 1.165) is 5.56 Å². The van der Waals surface area contributed by atoms with Gasteiger partial charge in [-0.3, -0.25) is 4.79 Å². The lowest BCUT2D eigenvalue weighted by molar-refractivity contribution is -0.114. The number of carbonyl (C=O) groups is 1. The maximum atomic E-state index is 10.6. The number of carbonyl (C=O) groups excluding carboxylic acids is 1. The molecule has 2 N–H and O–H groups in total. The Morgan fingerprint density at radius 1 is 1.40 bits per heavy atom. The Labute approximate surface area is 91.1 Å². The molecule has 1 aromatic carbocycles.